The van der Waals surface area contributed by atoms with Crippen LogP contribution >= 0.6 is 0 Å². The fraction of sp³-hybridized carbons (Fsp3) is 0.875. The zero-order chi connectivity index (χ0) is 7.90. The molecule has 3 nitrogen and oxygen atoms in total. The number of carbonyl (C=O) groups is 1. The van der Waals surface area contributed by atoms with Gasteiger partial charge in [-0.25, -0.2) is 0 Å². The third-order valence-corrected chi connectivity index (χ3v) is 2.86. The molecule has 62 valence electrons. The second-order valence-electron chi connectivity index (χ2n) is 3.85. The third kappa shape index (κ3) is 1.03. The molecule has 0 saturated carbocycles. The Bertz CT molecular complexity index is 185. The quantitative estimate of drug-likeness (QED) is 0.525. The van der Waals surface area contributed by atoms with Crippen LogP contribution in [0.25, 0.3) is 0 Å². The van der Waals surface area contributed by atoms with Crippen LogP contribution in [-0.4, -0.2) is 37.5 Å². The summed E-state index contributed by atoms with van der Waals surface area (Å²) in [5, 5.41) is 3.32. The molecule has 2 aliphatic rings. The van der Waals surface area contributed by atoms with Crippen molar-refractivity contribution in [2.45, 2.75) is 12.8 Å². The zero-order valence-corrected chi connectivity index (χ0v) is 6.89. The molecule has 11 heavy (non-hydrogen) atoms. The lowest BCUT2D eigenvalue weighted by molar-refractivity contribution is -0.126. The highest BCUT2D eigenvalue weighted by Crippen LogP contribution is 2.35. The highest BCUT2D eigenvalue weighted by molar-refractivity contribution is 5.79. The van der Waals surface area contributed by atoms with E-state index in [1.54, 1.807) is 0 Å². The summed E-state index contributed by atoms with van der Waals surface area (Å²) in [5.41, 5.74) is 0.297. The first kappa shape index (κ1) is 7.10. The summed E-state index contributed by atoms with van der Waals surface area (Å²) in [6, 6.07) is 0. The van der Waals surface area contributed by atoms with Gasteiger partial charge in [-0.05, 0) is 13.0 Å². The van der Waals surface area contributed by atoms with Gasteiger partial charge in [-0.15, -0.1) is 0 Å². The number of hydrogen-bond acceptors (Lipinski definition) is 2. The van der Waals surface area contributed by atoms with E-state index in [1.165, 1.54) is 6.42 Å². The number of rotatable bonds is 0. The fourth-order valence-corrected chi connectivity index (χ4v) is 2.18. The zero-order valence-electron chi connectivity index (χ0n) is 6.89. The highest BCUT2D eigenvalue weighted by Gasteiger charge is 2.43. The van der Waals surface area contributed by atoms with Crippen molar-refractivity contribution >= 4 is 5.91 Å². The summed E-state index contributed by atoms with van der Waals surface area (Å²) in [6.07, 6.45) is 1.93. The van der Waals surface area contributed by atoms with E-state index in [4.69, 9.17) is 0 Å². The minimum absolute atomic E-state index is 0.297. The molecular formula is C8H14N2O. The van der Waals surface area contributed by atoms with Gasteiger partial charge >= 0.3 is 0 Å². The van der Waals surface area contributed by atoms with Crippen molar-refractivity contribution in [2.24, 2.45) is 5.41 Å². The molecule has 0 radical (unpaired) electrons. The Balaban J connectivity index is 2.12. The number of nitrogens with one attached hydrogen (secondary N) is 1. The first-order valence-corrected chi connectivity index (χ1v) is 4.17. The molecule has 1 unspecified atom stereocenters. The van der Waals surface area contributed by atoms with Gasteiger partial charge < -0.3 is 10.2 Å². The van der Waals surface area contributed by atoms with Crippen molar-refractivity contribution in [1.82, 2.24) is 10.2 Å². The smallest absolute Gasteiger partial charge is 0.223 e. The number of carbonyl (C=O) groups excluding carboxylic acids is 1. The van der Waals surface area contributed by atoms with Crippen LogP contribution in [0.15, 0.2) is 0 Å². The maximum atomic E-state index is 11.2. The van der Waals surface area contributed by atoms with Crippen LogP contribution in [0.5, 0.6) is 0 Å². The Labute approximate surface area is 66.8 Å². The molecule has 1 N–H and O–H groups in total. The average Bonchev–Trinajstić information content (AvgIpc) is 2.46. The fourth-order valence-electron chi connectivity index (χ4n) is 2.18. The van der Waals surface area contributed by atoms with Gasteiger partial charge in [0, 0.05) is 32.0 Å². The van der Waals surface area contributed by atoms with Crippen molar-refractivity contribution in [3.05, 3.63) is 0 Å². The van der Waals surface area contributed by atoms with Gasteiger partial charge in [0.05, 0.1) is 0 Å². The monoisotopic (exact) mass is 154 g/mol. The Hall–Kier alpha value is -0.570. The van der Waals surface area contributed by atoms with Crippen LogP contribution in [0, 0.1) is 5.41 Å². The summed E-state index contributed by atoms with van der Waals surface area (Å²) < 4.78 is 0. The standard InChI is InChI=1S/C8H14N2O/c1-10-6-8(4-7(10)11)2-3-9-5-8/h9H,2-6H2,1H3. The van der Waals surface area contributed by atoms with Gasteiger partial charge in [-0.3, -0.25) is 4.79 Å². The van der Waals surface area contributed by atoms with Gasteiger partial charge in [-0.1, -0.05) is 0 Å². The molecule has 0 aromatic carbocycles. The molecule has 1 amide bonds. The predicted molar refractivity (Wildman–Crippen MR) is 42.2 cm³/mol. The van der Waals surface area contributed by atoms with Gasteiger partial charge in [0.1, 0.15) is 0 Å². The lowest BCUT2D eigenvalue weighted by Crippen LogP contribution is -2.27. The molecular weight excluding hydrogens is 140 g/mol. The summed E-state index contributed by atoms with van der Waals surface area (Å²) in [6.45, 7) is 3.07. The lowest BCUT2D eigenvalue weighted by atomic mass is 9.86. The molecule has 1 spiro atoms. The van der Waals surface area contributed by atoms with Gasteiger partial charge in [-0.2, -0.15) is 0 Å². The average molecular weight is 154 g/mol. The van der Waals surface area contributed by atoms with Crippen molar-refractivity contribution in [3.8, 4) is 0 Å². The molecule has 0 aromatic heterocycles. The van der Waals surface area contributed by atoms with Crippen LogP contribution in [0.2, 0.25) is 0 Å². The Morgan fingerprint density at radius 1 is 1.64 bits per heavy atom. The maximum absolute atomic E-state index is 11.2. The van der Waals surface area contributed by atoms with E-state index in [0.29, 0.717) is 11.3 Å². The predicted octanol–water partition coefficient (Wildman–Crippen LogP) is -0.172. The molecule has 2 saturated heterocycles. The molecule has 2 aliphatic heterocycles. The van der Waals surface area contributed by atoms with Crippen molar-refractivity contribution < 1.29 is 4.79 Å². The number of amides is 1. The van der Waals surface area contributed by atoms with Crippen LogP contribution in [0.1, 0.15) is 12.8 Å². The number of nitrogens with zero attached hydrogens (tertiary/aromatic N) is 1. The SMILES string of the molecule is CN1CC2(CCNC2)CC1=O. The molecule has 2 fully saturated rings. The molecule has 3 heteroatoms. The van der Waals surface area contributed by atoms with Crippen LogP contribution < -0.4 is 5.32 Å². The van der Waals surface area contributed by atoms with E-state index < -0.39 is 0 Å². The first-order chi connectivity index (χ1) is 5.22. The van der Waals surface area contributed by atoms with Crippen LogP contribution in [-0.2, 0) is 4.79 Å². The molecule has 2 heterocycles. The van der Waals surface area contributed by atoms with Crippen LogP contribution in [0.4, 0.5) is 0 Å². The lowest BCUT2D eigenvalue weighted by Gasteiger charge is -2.19. The minimum atomic E-state index is 0.297. The first-order valence-electron chi connectivity index (χ1n) is 4.17. The Kier molecular flexibility index (Phi) is 1.42. The molecule has 1 atom stereocenters. The second kappa shape index (κ2) is 2.21. The van der Waals surface area contributed by atoms with Gasteiger partial charge in [0.2, 0.25) is 5.91 Å². The van der Waals surface area contributed by atoms with Crippen molar-refractivity contribution in [1.29, 1.82) is 0 Å². The summed E-state index contributed by atoms with van der Waals surface area (Å²) in [4.78, 5) is 13.1. The summed E-state index contributed by atoms with van der Waals surface area (Å²) in [7, 11) is 1.90. The van der Waals surface area contributed by atoms with E-state index in [1.807, 2.05) is 11.9 Å². The van der Waals surface area contributed by atoms with Crippen LogP contribution in [0.3, 0.4) is 0 Å². The van der Waals surface area contributed by atoms with Gasteiger partial charge in [0.25, 0.3) is 0 Å². The van der Waals surface area contributed by atoms with Crippen molar-refractivity contribution in [2.75, 3.05) is 26.7 Å². The van der Waals surface area contributed by atoms with E-state index in [9.17, 15) is 4.79 Å². The second-order valence-corrected chi connectivity index (χ2v) is 3.85. The number of likely N-dealkylation sites (tertiary alicyclic amines) is 1. The molecule has 0 aliphatic carbocycles. The van der Waals surface area contributed by atoms with Crippen molar-refractivity contribution in [3.63, 3.8) is 0 Å². The maximum Gasteiger partial charge on any atom is 0.223 e. The Morgan fingerprint density at radius 2 is 2.45 bits per heavy atom. The van der Waals surface area contributed by atoms with E-state index in [2.05, 4.69) is 5.32 Å². The van der Waals surface area contributed by atoms with E-state index >= 15 is 0 Å². The summed E-state index contributed by atoms with van der Waals surface area (Å²) in [5.74, 6) is 0.314. The third-order valence-electron chi connectivity index (χ3n) is 2.86. The number of hydrogen-bond donors (Lipinski definition) is 1. The molecule has 2 rings (SSSR count). The molecule has 0 bridgehead atoms. The topological polar surface area (TPSA) is 32.3 Å². The Morgan fingerprint density at radius 3 is 2.91 bits per heavy atom. The largest absolute Gasteiger partial charge is 0.345 e. The molecule has 0 aromatic rings. The normalized spacial score (nSPS) is 37.5. The summed E-state index contributed by atoms with van der Waals surface area (Å²) >= 11 is 0. The van der Waals surface area contributed by atoms with E-state index in [-0.39, 0.29) is 0 Å². The minimum Gasteiger partial charge on any atom is -0.345 e. The highest BCUT2D eigenvalue weighted by atomic mass is 16.2. The van der Waals surface area contributed by atoms with E-state index in [0.717, 1.165) is 26.1 Å². The van der Waals surface area contributed by atoms with Gasteiger partial charge in [0.15, 0.2) is 0 Å².